The van der Waals surface area contributed by atoms with Crippen LogP contribution in [-0.4, -0.2) is 17.7 Å². The van der Waals surface area contributed by atoms with Crippen molar-refractivity contribution in [2.24, 2.45) is 0 Å². The molecule has 0 unspecified atom stereocenters. The number of benzene rings is 1. The highest BCUT2D eigenvalue weighted by atomic mass is 19.2. The van der Waals surface area contributed by atoms with Crippen molar-refractivity contribution in [1.29, 1.82) is 0 Å². The van der Waals surface area contributed by atoms with Crippen LogP contribution >= 0.6 is 0 Å². The second-order valence-corrected chi connectivity index (χ2v) is 2.77. The Hall–Kier alpha value is -1.98. The number of hydrogen-bond donors (Lipinski definition) is 1. The molecule has 0 amide bonds. The summed E-state index contributed by atoms with van der Waals surface area (Å²) in [6.07, 6.45) is 1.22. The van der Waals surface area contributed by atoms with Crippen molar-refractivity contribution < 1.29 is 27.8 Å². The summed E-state index contributed by atoms with van der Waals surface area (Å²) in [5.74, 6) is -7.62. The summed E-state index contributed by atoms with van der Waals surface area (Å²) in [5, 5.41) is 8.82. The molecule has 1 rings (SSSR count). The zero-order valence-electron chi connectivity index (χ0n) is 7.97. The lowest BCUT2D eigenvalue weighted by Crippen LogP contribution is -2.09. The van der Waals surface area contributed by atoms with E-state index in [1.807, 2.05) is 0 Å². The van der Waals surface area contributed by atoms with Crippen LogP contribution in [0.1, 0.15) is 10.4 Å². The Morgan fingerprint density at radius 3 is 2.62 bits per heavy atom. The minimum atomic E-state index is -1.75. The Morgan fingerprint density at radius 2 is 2.06 bits per heavy atom. The molecule has 86 valence electrons. The summed E-state index contributed by atoms with van der Waals surface area (Å²) in [4.78, 5) is 11.1. The largest absolute Gasteiger partial charge is 0.503 e. The van der Waals surface area contributed by atoms with E-state index in [1.165, 1.54) is 6.08 Å². The van der Waals surface area contributed by atoms with Gasteiger partial charge in [-0.1, -0.05) is 12.7 Å². The van der Waals surface area contributed by atoms with E-state index in [0.717, 1.165) is 0 Å². The maximum atomic E-state index is 13.1. The first-order valence-electron chi connectivity index (χ1n) is 4.13. The molecule has 0 radical (unpaired) electrons. The number of phenolic OH excluding ortho intramolecular Hbond substituents is 1. The summed E-state index contributed by atoms with van der Waals surface area (Å²) in [7, 11) is 0. The van der Waals surface area contributed by atoms with Gasteiger partial charge < -0.3 is 9.84 Å². The first-order valence-corrected chi connectivity index (χ1v) is 4.13. The molecule has 0 saturated carbocycles. The summed E-state index contributed by atoms with van der Waals surface area (Å²) in [5.41, 5.74) is -0.877. The van der Waals surface area contributed by atoms with E-state index in [4.69, 9.17) is 5.11 Å². The van der Waals surface area contributed by atoms with Gasteiger partial charge in [0.05, 0.1) is 0 Å². The number of rotatable bonds is 3. The van der Waals surface area contributed by atoms with E-state index >= 15 is 0 Å². The fourth-order valence-electron chi connectivity index (χ4n) is 0.951. The van der Waals surface area contributed by atoms with Gasteiger partial charge in [-0.05, 0) is 6.07 Å². The number of hydrogen-bond acceptors (Lipinski definition) is 3. The third kappa shape index (κ3) is 2.16. The van der Waals surface area contributed by atoms with Crippen molar-refractivity contribution in [3.05, 3.63) is 41.7 Å². The number of phenols is 1. The van der Waals surface area contributed by atoms with Crippen molar-refractivity contribution >= 4 is 5.97 Å². The van der Waals surface area contributed by atoms with Gasteiger partial charge in [-0.3, -0.25) is 0 Å². The van der Waals surface area contributed by atoms with Crippen LogP contribution in [0.5, 0.6) is 5.75 Å². The fourth-order valence-corrected chi connectivity index (χ4v) is 0.951. The Morgan fingerprint density at radius 1 is 1.44 bits per heavy atom. The van der Waals surface area contributed by atoms with Gasteiger partial charge in [0.2, 0.25) is 5.82 Å². The van der Waals surface area contributed by atoms with Crippen LogP contribution in [0, 0.1) is 17.5 Å². The Bertz CT molecular complexity index is 443. The van der Waals surface area contributed by atoms with E-state index in [-0.39, 0.29) is 6.61 Å². The Labute approximate surface area is 88.8 Å². The normalized spacial score (nSPS) is 9.94. The first-order chi connectivity index (χ1) is 7.49. The quantitative estimate of drug-likeness (QED) is 0.493. The Balaban J connectivity index is 3.14. The van der Waals surface area contributed by atoms with Gasteiger partial charge in [-0.2, -0.15) is 4.39 Å². The maximum Gasteiger partial charge on any atom is 0.341 e. The van der Waals surface area contributed by atoms with Crippen molar-refractivity contribution in [2.45, 2.75) is 0 Å². The molecule has 3 nitrogen and oxygen atoms in total. The number of carbonyl (C=O) groups is 1. The van der Waals surface area contributed by atoms with Crippen LogP contribution in [0.2, 0.25) is 0 Å². The Kier molecular flexibility index (Phi) is 3.55. The molecular weight excluding hydrogens is 225 g/mol. The standard InChI is InChI=1S/C10H7F3O3/c1-2-3-16-10(15)5-4-6(11)8(13)9(14)7(5)12/h2,4,14H,1,3H2. The summed E-state index contributed by atoms with van der Waals surface area (Å²) in [6.45, 7) is 3.03. The molecule has 0 fully saturated rings. The highest BCUT2D eigenvalue weighted by Gasteiger charge is 2.23. The number of carbonyl (C=O) groups excluding carboxylic acids is 1. The molecular formula is C10H7F3O3. The monoisotopic (exact) mass is 232 g/mol. The third-order valence-electron chi connectivity index (χ3n) is 1.69. The zero-order chi connectivity index (χ0) is 12.3. The number of esters is 1. The molecule has 0 bridgehead atoms. The minimum Gasteiger partial charge on any atom is -0.503 e. The van der Waals surface area contributed by atoms with Gasteiger partial charge in [0.25, 0.3) is 0 Å². The minimum absolute atomic E-state index is 0.210. The van der Waals surface area contributed by atoms with E-state index < -0.39 is 34.7 Å². The topological polar surface area (TPSA) is 46.5 Å². The maximum absolute atomic E-state index is 13.1. The molecule has 0 aromatic heterocycles. The second-order valence-electron chi connectivity index (χ2n) is 2.77. The summed E-state index contributed by atoms with van der Waals surface area (Å²) >= 11 is 0. The lowest BCUT2D eigenvalue weighted by atomic mass is 10.2. The average Bonchev–Trinajstić information content (AvgIpc) is 2.28. The highest BCUT2D eigenvalue weighted by molar-refractivity contribution is 5.90. The molecule has 0 saturated heterocycles. The van der Waals surface area contributed by atoms with E-state index in [9.17, 15) is 18.0 Å². The predicted octanol–water partition coefficient (Wildman–Crippen LogP) is 2.15. The average molecular weight is 232 g/mol. The molecule has 16 heavy (non-hydrogen) atoms. The van der Waals surface area contributed by atoms with Gasteiger partial charge in [0, 0.05) is 0 Å². The number of ether oxygens (including phenoxy) is 1. The van der Waals surface area contributed by atoms with Gasteiger partial charge in [-0.15, -0.1) is 0 Å². The lowest BCUT2D eigenvalue weighted by Gasteiger charge is -2.05. The van der Waals surface area contributed by atoms with Gasteiger partial charge >= 0.3 is 5.97 Å². The van der Waals surface area contributed by atoms with Gasteiger partial charge in [0.15, 0.2) is 17.4 Å². The predicted molar refractivity (Wildman–Crippen MR) is 48.5 cm³/mol. The van der Waals surface area contributed by atoms with Gasteiger partial charge in [0.1, 0.15) is 12.2 Å². The van der Waals surface area contributed by atoms with Crippen molar-refractivity contribution in [3.8, 4) is 5.75 Å². The van der Waals surface area contributed by atoms with Gasteiger partial charge in [-0.25, -0.2) is 13.6 Å². The van der Waals surface area contributed by atoms with Crippen molar-refractivity contribution in [3.63, 3.8) is 0 Å². The highest BCUT2D eigenvalue weighted by Crippen LogP contribution is 2.26. The zero-order valence-corrected chi connectivity index (χ0v) is 7.97. The smallest absolute Gasteiger partial charge is 0.341 e. The SMILES string of the molecule is C=CCOC(=O)c1cc(F)c(F)c(O)c1F. The molecule has 6 heteroatoms. The molecule has 0 heterocycles. The lowest BCUT2D eigenvalue weighted by molar-refractivity contribution is 0.0542. The van der Waals surface area contributed by atoms with Crippen LogP contribution < -0.4 is 0 Å². The van der Waals surface area contributed by atoms with Crippen LogP contribution in [0.4, 0.5) is 13.2 Å². The fraction of sp³-hybridized carbons (Fsp3) is 0.100. The molecule has 1 aromatic rings. The van der Waals surface area contributed by atoms with Crippen LogP contribution in [0.3, 0.4) is 0 Å². The molecule has 0 aliphatic heterocycles. The molecule has 0 atom stereocenters. The summed E-state index contributed by atoms with van der Waals surface area (Å²) < 4.78 is 43.0. The second kappa shape index (κ2) is 4.69. The van der Waals surface area contributed by atoms with Crippen molar-refractivity contribution in [2.75, 3.05) is 6.61 Å². The van der Waals surface area contributed by atoms with Crippen LogP contribution in [0.15, 0.2) is 18.7 Å². The molecule has 0 aliphatic rings. The third-order valence-corrected chi connectivity index (χ3v) is 1.69. The van der Waals surface area contributed by atoms with E-state index in [2.05, 4.69) is 11.3 Å². The molecule has 1 N–H and O–H groups in total. The first kappa shape index (κ1) is 12.1. The number of halogens is 3. The van der Waals surface area contributed by atoms with E-state index in [1.54, 1.807) is 0 Å². The molecule has 1 aromatic carbocycles. The van der Waals surface area contributed by atoms with Crippen LogP contribution in [0.25, 0.3) is 0 Å². The molecule has 0 aliphatic carbocycles. The van der Waals surface area contributed by atoms with E-state index in [0.29, 0.717) is 6.07 Å². The number of aromatic hydroxyl groups is 1. The van der Waals surface area contributed by atoms with Crippen LogP contribution in [-0.2, 0) is 4.74 Å². The molecule has 0 spiro atoms. The summed E-state index contributed by atoms with van der Waals surface area (Å²) in [6, 6.07) is 0.315. The van der Waals surface area contributed by atoms with Crippen molar-refractivity contribution in [1.82, 2.24) is 0 Å².